The molecule has 0 aromatic carbocycles. The molecular formula is C21H35NO. The van der Waals surface area contributed by atoms with Crippen LogP contribution in [0, 0.1) is 17.8 Å². The fourth-order valence-electron chi connectivity index (χ4n) is 4.39. The summed E-state index contributed by atoms with van der Waals surface area (Å²) in [5.74, 6) is 2.46. The lowest BCUT2D eigenvalue weighted by atomic mass is 9.76. The molecule has 3 atom stereocenters. The lowest BCUT2D eigenvalue weighted by Gasteiger charge is -2.29. The minimum absolute atomic E-state index is 0.751. The highest BCUT2D eigenvalue weighted by molar-refractivity contribution is 5.28. The third-order valence-electron chi connectivity index (χ3n) is 5.87. The van der Waals surface area contributed by atoms with Gasteiger partial charge in [0.25, 0.3) is 0 Å². The molecule has 0 bridgehead atoms. The van der Waals surface area contributed by atoms with Gasteiger partial charge >= 0.3 is 0 Å². The highest BCUT2D eigenvalue weighted by atomic mass is 16.5. The Hall–Kier alpha value is -0.890. The molecule has 2 heteroatoms. The van der Waals surface area contributed by atoms with Crippen molar-refractivity contribution in [1.82, 2.24) is 0 Å². The normalized spacial score (nSPS) is 28.4. The summed E-state index contributed by atoms with van der Waals surface area (Å²) in [6.45, 7) is 12.8. The second-order valence-corrected chi connectivity index (χ2v) is 7.53. The average Bonchev–Trinajstić information content (AvgIpc) is 3.00. The van der Waals surface area contributed by atoms with Crippen LogP contribution in [0.1, 0.15) is 65.7 Å². The van der Waals surface area contributed by atoms with Gasteiger partial charge in [-0.3, -0.25) is 4.99 Å². The van der Waals surface area contributed by atoms with E-state index >= 15 is 0 Å². The molecule has 0 aliphatic heterocycles. The van der Waals surface area contributed by atoms with E-state index in [2.05, 4.69) is 38.6 Å². The van der Waals surface area contributed by atoms with Gasteiger partial charge in [0.15, 0.2) is 0 Å². The lowest BCUT2D eigenvalue weighted by molar-refractivity contribution is 0.168. The van der Waals surface area contributed by atoms with Crippen LogP contribution in [0.25, 0.3) is 0 Å². The number of hydrogen-bond donors (Lipinski definition) is 0. The number of rotatable bonds is 8. The summed E-state index contributed by atoms with van der Waals surface area (Å²) >= 11 is 0. The first-order valence-corrected chi connectivity index (χ1v) is 9.52. The second kappa shape index (κ2) is 9.42. The van der Waals surface area contributed by atoms with Crippen molar-refractivity contribution in [3.8, 4) is 0 Å². The average molecular weight is 318 g/mol. The Bertz CT molecular complexity index is 449. The predicted molar refractivity (Wildman–Crippen MR) is 100 cm³/mol. The quantitative estimate of drug-likeness (QED) is 0.422. The summed E-state index contributed by atoms with van der Waals surface area (Å²) in [6.07, 6.45) is 11.7. The van der Waals surface area contributed by atoms with Gasteiger partial charge in [-0.1, -0.05) is 24.1 Å². The van der Waals surface area contributed by atoms with Crippen LogP contribution in [0.15, 0.2) is 27.8 Å². The first-order chi connectivity index (χ1) is 11.2. The second-order valence-electron chi connectivity index (χ2n) is 7.53. The first kappa shape index (κ1) is 18.4. The zero-order valence-corrected chi connectivity index (χ0v) is 15.4. The van der Waals surface area contributed by atoms with E-state index in [1.54, 1.807) is 11.1 Å². The van der Waals surface area contributed by atoms with Gasteiger partial charge in [-0.05, 0) is 88.8 Å². The van der Waals surface area contributed by atoms with Gasteiger partial charge in [-0.2, -0.15) is 0 Å². The minimum atomic E-state index is 0.751. The summed E-state index contributed by atoms with van der Waals surface area (Å²) in [4.78, 5) is 4.15. The maximum Gasteiger partial charge on any atom is 0.0697 e. The lowest BCUT2D eigenvalue weighted by Crippen LogP contribution is -2.18. The minimum Gasteiger partial charge on any atom is -0.377 e. The molecule has 0 spiro atoms. The number of allylic oxidation sites excluding steroid dienone is 3. The monoisotopic (exact) mass is 317 g/mol. The van der Waals surface area contributed by atoms with Crippen LogP contribution in [0.2, 0.25) is 0 Å². The van der Waals surface area contributed by atoms with Gasteiger partial charge in [0.1, 0.15) is 0 Å². The summed E-state index contributed by atoms with van der Waals surface area (Å²) in [5.41, 5.74) is 4.65. The summed E-state index contributed by atoms with van der Waals surface area (Å²) in [7, 11) is 0. The Morgan fingerprint density at radius 3 is 2.87 bits per heavy atom. The van der Waals surface area contributed by atoms with E-state index in [4.69, 9.17) is 4.74 Å². The van der Waals surface area contributed by atoms with Gasteiger partial charge in [-0.15, -0.1) is 0 Å². The molecule has 2 aliphatic carbocycles. The molecule has 2 aliphatic rings. The van der Waals surface area contributed by atoms with E-state index < -0.39 is 0 Å². The van der Waals surface area contributed by atoms with Crippen molar-refractivity contribution in [2.75, 3.05) is 19.8 Å². The summed E-state index contributed by atoms with van der Waals surface area (Å²) < 4.78 is 5.69. The maximum absolute atomic E-state index is 5.69. The number of hydrogen-bond acceptors (Lipinski definition) is 2. The van der Waals surface area contributed by atoms with Crippen molar-refractivity contribution < 1.29 is 4.74 Å². The van der Waals surface area contributed by atoms with E-state index in [0.717, 1.165) is 37.5 Å². The van der Waals surface area contributed by atoms with Crippen molar-refractivity contribution in [3.05, 3.63) is 22.8 Å². The van der Waals surface area contributed by atoms with Gasteiger partial charge < -0.3 is 4.74 Å². The molecule has 0 amide bonds. The molecule has 0 saturated heterocycles. The SMILES string of the molecule is C=NC/C(COCC)=C1\CCCC1CC(C)C1CC=C(C)CC1. The molecule has 0 heterocycles. The molecule has 23 heavy (non-hydrogen) atoms. The first-order valence-electron chi connectivity index (χ1n) is 9.52. The van der Waals surface area contributed by atoms with Crippen LogP contribution in [-0.4, -0.2) is 26.5 Å². The van der Waals surface area contributed by atoms with Crippen molar-refractivity contribution in [3.63, 3.8) is 0 Å². The van der Waals surface area contributed by atoms with E-state index in [-0.39, 0.29) is 0 Å². The Kier molecular flexibility index (Phi) is 7.55. The number of nitrogens with zero attached hydrogens (tertiary/aromatic N) is 1. The van der Waals surface area contributed by atoms with Crippen molar-refractivity contribution in [2.24, 2.45) is 22.7 Å². The predicted octanol–water partition coefficient (Wildman–Crippen LogP) is 5.59. The van der Waals surface area contributed by atoms with Gasteiger partial charge in [-0.25, -0.2) is 0 Å². The van der Waals surface area contributed by atoms with Crippen molar-refractivity contribution in [1.29, 1.82) is 0 Å². The molecular weight excluding hydrogens is 282 g/mol. The molecule has 1 saturated carbocycles. The Labute approximate surface area is 143 Å². The molecule has 3 unspecified atom stereocenters. The number of ether oxygens (including phenoxy) is 1. The maximum atomic E-state index is 5.69. The molecule has 0 radical (unpaired) electrons. The Morgan fingerprint density at radius 2 is 2.22 bits per heavy atom. The largest absolute Gasteiger partial charge is 0.377 e. The molecule has 2 nitrogen and oxygen atoms in total. The Morgan fingerprint density at radius 1 is 1.39 bits per heavy atom. The third kappa shape index (κ3) is 5.31. The van der Waals surface area contributed by atoms with Crippen LogP contribution in [-0.2, 0) is 4.74 Å². The van der Waals surface area contributed by atoms with Crippen molar-refractivity contribution >= 4 is 6.72 Å². The smallest absolute Gasteiger partial charge is 0.0697 e. The number of aliphatic imine (C=N–C) groups is 1. The highest BCUT2D eigenvalue weighted by Gasteiger charge is 2.28. The molecule has 0 N–H and O–H groups in total. The van der Waals surface area contributed by atoms with Gasteiger partial charge in [0, 0.05) is 6.61 Å². The molecule has 2 rings (SSSR count). The molecule has 0 aromatic rings. The van der Waals surface area contributed by atoms with Crippen LogP contribution in [0.4, 0.5) is 0 Å². The van der Waals surface area contributed by atoms with E-state index in [0.29, 0.717) is 0 Å². The Balaban J connectivity index is 2.00. The van der Waals surface area contributed by atoms with E-state index in [1.165, 1.54) is 50.5 Å². The standard InChI is InChI=1S/C21H35NO/c1-5-23-15-20(14-22-4)21-8-6-7-19(21)13-17(3)18-11-9-16(2)10-12-18/h9,17-19H,4-8,10-15H2,1-3H3/b21-20-. The van der Waals surface area contributed by atoms with Gasteiger partial charge in [0.05, 0.1) is 13.2 Å². The van der Waals surface area contributed by atoms with E-state index in [9.17, 15) is 0 Å². The van der Waals surface area contributed by atoms with Gasteiger partial charge in [0.2, 0.25) is 0 Å². The summed E-state index contributed by atoms with van der Waals surface area (Å²) in [6, 6.07) is 0. The van der Waals surface area contributed by atoms with Crippen LogP contribution < -0.4 is 0 Å². The van der Waals surface area contributed by atoms with Crippen LogP contribution >= 0.6 is 0 Å². The fourth-order valence-corrected chi connectivity index (χ4v) is 4.39. The summed E-state index contributed by atoms with van der Waals surface area (Å²) in [5, 5.41) is 0. The fraction of sp³-hybridized carbons (Fsp3) is 0.762. The zero-order valence-electron chi connectivity index (χ0n) is 15.4. The molecule has 130 valence electrons. The highest BCUT2D eigenvalue weighted by Crippen LogP contribution is 2.41. The van der Waals surface area contributed by atoms with Crippen LogP contribution in [0.5, 0.6) is 0 Å². The van der Waals surface area contributed by atoms with Crippen molar-refractivity contribution in [2.45, 2.75) is 65.7 Å². The topological polar surface area (TPSA) is 21.6 Å². The molecule has 0 aromatic heterocycles. The third-order valence-corrected chi connectivity index (χ3v) is 5.87. The molecule has 1 fully saturated rings. The van der Waals surface area contributed by atoms with E-state index in [1.807, 2.05) is 0 Å². The van der Waals surface area contributed by atoms with Crippen LogP contribution in [0.3, 0.4) is 0 Å². The zero-order chi connectivity index (χ0) is 16.7.